The fourth-order valence-electron chi connectivity index (χ4n) is 1.73. The van der Waals surface area contributed by atoms with Gasteiger partial charge in [0.15, 0.2) is 0 Å². The largest absolute Gasteiger partial charge is 0.492 e. The van der Waals surface area contributed by atoms with Gasteiger partial charge >= 0.3 is 0 Å². The molecule has 4 N–H and O–H groups in total. The number of rotatable bonds is 3. The molecule has 0 aromatic heterocycles. The summed E-state index contributed by atoms with van der Waals surface area (Å²) >= 11 is 0. The number of nitrogens with two attached hydrogens (primary N) is 2. The maximum absolute atomic E-state index is 5.93. The van der Waals surface area contributed by atoms with Crippen LogP contribution in [0.25, 0.3) is 11.1 Å². The highest BCUT2D eigenvalue weighted by Crippen LogP contribution is 2.29. The molecule has 2 aromatic carbocycles. The Labute approximate surface area is 101 Å². The van der Waals surface area contributed by atoms with Crippen LogP contribution in [0.1, 0.15) is 6.92 Å². The molecule has 0 fully saturated rings. The summed E-state index contributed by atoms with van der Waals surface area (Å²) in [5.74, 6) is 0.722. The van der Waals surface area contributed by atoms with Crippen LogP contribution in [0.15, 0.2) is 42.5 Å². The molecule has 0 bridgehead atoms. The molecule has 0 atom stereocenters. The summed E-state index contributed by atoms with van der Waals surface area (Å²) in [6.07, 6.45) is 0. The average molecular weight is 228 g/mol. The molecular weight excluding hydrogens is 212 g/mol. The summed E-state index contributed by atoms with van der Waals surface area (Å²) < 4.78 is 5.40. The number of nitrogen functional groups attached to an aromatic ring is 2. The minimum Gasteiger partial charge on any atom is -0.492 e. The molecule has 3 heteroatoms. The minimum atomic E-state index is 0.613. The Balaban J connectivity index is 2.37. The van der Waals surface area contributed by atoms with E-state index in [0.717, 1.165) is 22.6 Å². The summed E-state index contributed by atoms with van der Waals surface area (Å²) in [7, 11) is 0. The molecule has 0 spiro atoms. The van der Waals surface area contributed by atoms with Crippen LogP contribution in [-0.2, 0) is 0 Å². The third-order valence-corrected chi connectivity index (χ3v) is 2.53. The molecule has 0 heterocycles. The fraction of sp³-hybridized carbons (Fsp3) is 0.143. The topological polar surface area (TPSA) is 61.3 Å². The Bertz CT molecular complexity index is 523. The molecule has 0 aliphatic rings. The lowest BCUT2D eigenvalue weighted by molar-refractivity contribution is 0.342. The van der Waals surface area contributed by atoms with Gasteiger partial charge in [-0.1, -0.05) is 18.2 Å². The molecule has 2 aromatic rings. The molecule has 0 aliphatic heterocycles. The predicted molar refractivity (Wildman–Crippen MR) is 71.9 cm³/mol. The zero-order valence-corrected chi connectivity index (χ0v) is 9.81. The molecule has 0 amide bonds. The number of hydrogen-bond acceptors (Lipinski definition) is 3. The molecule has 0 aliphatic carbocycles. The van der Waals surface area contributed by atoms with E-state index in [0.29, 0.717) is 12.3 Å². The first-order valence-corrected chi connectivity index (χ1v) is 5.59. The first-order valence-electron chi connectivity index (χ1n) is 5.59. The standard InChI is InChI=1S/C14H16N2O/c1-2-17-14-7-6-11(9-13(14)16)10-4-3-5-12(15)8-10/h3-9H,2,15-16H2,1H3. The van der Waals surface area contributed by atoms with E-state index in [-0.39, 0.29) is 0 Å². The summed E-state index contributed by atoms with van der Waals surface area (Å²) in [6.45, 7) is 2.55. The van der Waals surface area contributed by atoms with Gasteiger partial charge in [-0.05, 0) is 42.3 Å². The third-order valence-electron chi connectivity index (χ3n) is 2.53. The maximum atomic E-state index is 5.93. The first-order chi connectivity index (χ1) is 8.20. The van der Waals surface area contributed by atoms with Crippen molar-refractivity contribution < 1.29 is 4.74 Å². The quantitative estimate of drug-likeness (QED) is 0.794. The van der Waals surface area contributed by atoms with E-state index >= 15 is 0 Å². The molecule has 3 nitrogen and oxygen atoms in total. The molecular formula is C14H16N2O. The van der Waals surface area contributed by atoms with E-state index in [1.165, 1.54) is 0 Å². The van der Waals surface area contributed by atoms with E-state index in [9.17, 15) is 0 Å². The summed E-state index contributed by atoms with van der Waals surface area (Å²) in [5, 5.41) is 0. The van der Waals surface area contributed by atoms with Crippen LogP contribution in [0.4, 0.5) is 11.4 Å². The van der Waals surface area contributed by atoms with Gasteiger partial charge < -0.3 is 16.2 Å². The monoisotopic (exact) mass is 228 g/mol. The molecule has 17 heavy (non-hydrogen) atoms. The van der Waals surface area contributed by atoms with Gasteiger partial charge in [-0.15, -0.1) is 0 Å². The van der Waals surface area contributed by atoms with E-state index in [4.69, 9.17) is 16.2 Å². The van der Waals surface area contributed by atoms with Gasteiger partial charge in [0.25, 0.3) is 0 Å². The zero-order valence-electron chi connectivity index (χ0n) is 9.81. The Kier molecular flexibility index (Phi) is 3.19. The average Bonchev–Trinajstić information content (AvgIpc) is 2.32. The smallest absolute Gasteiger partial charge is 0.142 e. The van der Waals surface area contributed by atoms with Crippen LogP contribution < -0.4 is 16.2 Å². The SMILES string of the molecule is CCOc1ccc(-c2cccc(N)c2)cc1N. The van der Waals surface area contributed by atoms with Crippen LogP contribution in [0.3, 0.4) is 0 Å². The van der Waals surface area contributed by atoms with Gasteiger partial charge in [0.1, 0.15) is 5.75 Å². The van der Waals surface area contributed by atoms with Crippen molar-refractivity contribution in [3.8, 4) is 16.9 Å². The summed E-state index contributed by atoms with van der Waals surface area (Å²) in [4.78, 5) is 0. The van der Waals surface area contributed by atoms with Gasteiger partial charge in [-0.3, -0.25) is 0 Å². The lowest BCUT2D eigenvalue weighted by atomic mass is 10.0. The van der Waals surface area contributed by atoms with Crippen molar-refractivity contribution in [1.29, 1.82) is 0 Å². The zero-order chi connectivity index (χ0) is 12.3. The van der Waals surface area contributed by atoms with Gasteiger partial charge in [-0.25, -0.2) is 0 Å². The van der Waals surface area contributed by atoms with Crippen LogP contribution >= 0.6 is 0 Å². The second-order valence-corrected chi connectivity index (χ2v) is 3.81. The molecule has 0 unspecified atom stereocenters. The number of anilines is 2. The normalized spacial score (nSPS) is 10.2. The third kappa shape index (κ3) is 2.50. The molecule has 0 radical (unpaired) electrons. The van der Waals surface area contributed by atoms with Crippen molar-refractivity contribution in [2.45, 2.75) is 6.92 Å². The van der Waals surface area contributed by atoms with Gasteiger partial charge in [0.2, 0.25) is 0 Å². The lowest BCUT2D eigenvalue weighted by Gasteiger charge is -2.09. The van der Waals surface area contributed by atoms with E-state index in [1.807, 2.05) is 49.4 Å². The Morgan fingerprint density at radius 3 is 2.41 bits per heavy atom. The van der Waals surface area contributed by atoms with Crippen molar-refractivity contribution >= 4 is 11.4 Å². The van der Waals surface area contributed by atoms with Crippen LogP contribution in [0.5, 0.6) is 5.75 Å². The first kappa shape index (κ1) is 11.3. The Morgan fingerprint density at radius 2 is 1.76 bits per heavy atom. The molecule has 2 rings (SSSR count). The van der Waals surface area contributed by atoms with Crippen LogP contribution in [0.2, 0.25) is 0 Å². The van der Waals surface area contributed by atoms with Crippen molar-refractivity contribution in [3.63, 3.8) is 0 Å². The second-order valence-electron chi connectivity index (χ2n) is 3.81. The summed E-state index contributed by atoms with van der Waals surface area (Å²) in [6, 6.07) is 13.5. The molecule has 0 saturated carbocycles. The van der Waals surface area contributed by atoms with Crippen molar-refractivity contribution in [2.24, 2.45) is 0 Å². The Hall–Kier alpha value is -2.16. The van der Waals surface area contributed by atoms with E-state index < -0.39 is 0 Å². The number of ether oxygens (including phenoxy) is 1. The van der Waals surface area contributed by atoms with E-state index in [2.05, 4.69) is 0 Å². The predicted octanol–water partition coefficient (Wildman–Crippen LogP) is 2.92. The molecule has 88 valence electrons. The fourth-order valence-corrected chi connectivity index (χ4v) is 1.73. The summed E-state index contributed by atoms with van der Waals surface area (Å²) in [5.41, 5.74) is 15.2. The van der Waals surface area contributed by atoms with Crippen LogP contribution in [0, 0.1) is 0 Å². The maximum Gasteiger partial charge on any atom is 0.142 e. The van der Waals surface area contributed by atoms with Gasteiger partial charge in [0, 0.05) is 5.69 Å². The number of hydrogen-bond donors (Lipinski definition) is 2. The Morgan fingerprint density at radius 1 is 1.00 bits per heavy atom. The highest BCUT2D eigenvalue weighted by atomic mass is 16.5. The van der Waals surface area contributed by atoms with Crippen molar-refractivity contribution in [3.05, 3.63) is 42.5 Å². The van der Waals surface area contributed by atoms with Crippen molar-refractivity contribution in [1.82, 2.24) is 0 Å². The van der Waals surface area contributed by atoms with Gasteiger partial charge in [-0.2, -0.15) is 0 Å². The highest BCUT2D eigenvalue weighted by molar-refractivity contribution is 5.72. The molecule has 0 saturated heterocycles. The van der Waals surface area contributed by atoms with Crippen LogP contribution in [-0.4, -0.2) is 6.61 Å². The van der Waals surface area contributed by atoms with Crippen molar-refractivity contribution in [2.75, 3.05) is 18.1 Å². The van der Waals surface area contributed by atoms with Gasteiger partial charge in [0.05, 0.1) is 12.3 Å². The lowest BCUT2D eigenvalue weighted by Crippen LogP contribution is -1.97. The number of benzene rings is 2. The highest BCUT2D eigenvalue weighted by Gasteiger charge is 2.03. The van der Waals surface area contributed by atoms with E-state index in [1.54, 1.807) is 0 Å². The second kappa shape index (κ2) is 4.78. The minimum absolute atomic E-state index is 0.613.